The van der Waals surface area contributed by atoms with Gasteiger partial charge in [-0.2, -0.15) is 0 Å². The molecule has 0 atom stereocenters. The zero-order chi connectivity index (χ0) is 52.5. The molecule has 2 aromatic heterocycles. The van der Waals surface area contributed by atoms with Crippen LogP contribution < -0.4 is 76.5 Å². The van der Waals surface area contributed by atoms with Gasteiger partial charge in [-0.15, -0.1) is 32.8 Å². The van der Waals surface area contributed by atoms with E-state index in [0.717, 1.165) is 55.1 Å². The maximum Gasteiger partial charge on any atom is 0.164 e. The third-order valence-corrected chi connectivity index (χ3v) is 14.5. The van der Waals surface area contributed by atoms with Crippen LogP contribution in [0.25, 0.3) is 117 Å². The predicted octanol–water partition coefficient (Wildman–Crippen LogP) is -2.17. The summed E-state index contributed by atoms with van der Waals surface area (Å²) >= 11 is 0. The summed E-state index contributed by atoms with van der Waals surface area (Å²) in [5.41, 5.74) is 7.48. The van der Waals surface area contributed by atoms with Gasteiger partial charge in [0, 0.05) is 38.5 Å². The van der Waals surface area contributed by atoms with E-state index in [1.165, 1.54) is 16.2 Å². The van der Waals surface area contributed by atoms with Crippen LogP contribution in [0.5, 0.6) is 0 Å². The van der Waals surface area contributed by atoms with Gasteiger partial charge in [-0.05, 0) is 79.9 Å². The maximum atomic E-state index is 6.92. The van der Waals surface area contributed by atoms with Crippen LogP contribution in [0.1, 0.15) is 0 Å². The molecule has 0 aliphatic carbocycles. The Kier molecular flexibility index (Phi) is 11.8. The molecule has 12 rings (SSSR count). The fourth-order valence-electron chi connectivity index (χ4n) is 10.7. The van der Waals surface area contributed by atoms with Crippen LogP contribution >= 0.6 is 0 Å². The molecule has 28 radical (unpaired) electrons. The number of hydrogen-bond acceptors (Lipinski definition) is 3. The summed E-state index contributed by atoms with van der Waals surface area (Å²) < 4.78 is 2.35. The van der Waals surface area contributed by atoms with Crippen LogP contribution in [-0.2, 0) is 0 Å². The highest BCUT2D eigenvalue weighted by Gasteiger charge is 2.26. The van der Waals surface area contributed by atoms with Crippen molar-refractivity contribution in [1.82, 2.24) is 19.5 Å². The topological polar surface area (TPSA) is 43.6 Å². The quantitative estimate of drug-likeness (QED) is 0.135. The van der Waals surface area contributed by atoms with Crippen molar-refractivity contribution in [3.05, 3.63) is 133 Å². The Bertz CT molecular complexity index is 4340. The lowest BCUT2D eigenvalue weighted by atomic mass is 9.56. The molecule has 312 valence electrons. The van der Waals surface area contributed by atoms with Gasteiger partial charge in [-0.3, -0.25) is 0 Å². The standard InChI is InChI=1S/C57H22B14N4/c58-41-37(38-43(60)49(66)53(70)50(67)44(38)61)42(59)46(63)39(45(41)62)56-72-55(73-57(74-56)40-47(64)51(68)54(71)52(69)48(40)65)24-11-8-10-23(22-24)26-14-4-5-15-27(26)31-20-21-33-36-34(31)29-17-7-6-16-28(29)30-18-9-19-32(35(30)36)75(33)25-12-2-1-3-13-25/h1-22H. The van der Waals surface area contributed by atoms with Gasteiger partial charge in [0.25, 0.3) is 0 Å². The van der Waals surface area contributed by atoms with E-state index in [1.54, 1.807) is 0 Å². The van der Waals surface area contributed by atoms with Gasteiger partial charge in [0.15, 0.2) is 17.5 Å². The van der Waals surface area contributed by atoms with Gasteiger partial charge >= 0.3 is 0 Å². The van der Waals surface area contributed by atoms with Crippen molar-refractivity contribution in [2.45, 2.75) is 0 Å². The number of rotatable bonds is 7. The van der Waals surface area contributed by atoms with Gasteiger partial charge in [0.05, 0.1) is 11.0 Å². The monoisotopic (exact) mass is 916 g/mol. The first-order valence-corrected chi connectivity index (χ1v) is 23.6. The molecule has 0 unspecified atom stereocenters. The second-order valence-electron chi connectivity index (χ2n) is 18.5. The Morgan fingerprint density at radius 1 is 0.267 bits per heavy atom. The van der Waals surface area contributed by atoms with Crippen LogP contribution in [-0.4, -0.2) is 129 Å². The molecular formula is C57H22B14N4. The molecule has 0 saturated heterocycles. The van der Waals surface area contributed by atoms with Crippen molar-refractivity contribution in [3.63, 3.8) is 0 Å². The highest BCUT2D eigenvalue weighted by atomic mass is 15.0. The maximum absolute atomic E-state index is 6.92. The Balaban J connectivity index is 1.08. The van der Waals surface area contributed by atoms with Crippen molar-refractivity contribution in [2.24, 2.45) is 0 Å². The second kappa shape index (κ2) is 18.2. The molecule has 0 fully saturated rings. The smallest absolute Gasteiger partial charge is 0.164 e. The molecule has 0 spiro atoms. The molecule has 0 saturated carbocycles. The van der Waals surface area contributed by atoms with Crippen LogP contribution in [0.15, 0.2) is 133 Å². The number of hydrogen-bond donors (Lipinski definition) is 0. The van der Waals surface area contributed by atoms with Gasteiger partial charge in [-0.1, -0.05) is 147 Å². The Labute approximate surface area is 453 Å². The first-order valence-electron chi connectivity index (χ1n) is 23.6. The molecule has 0 bridgehead atoms. The van der Waals surface area contributed by atoms with E-state index in [4.69, 9.17) is 125 Å². The summed E-state index contributed by atoms with van der Waals surface area (Å²) in [6.07, 6.45) is 0. The first-order chi connectivity index (χ1) is 36.1. The molecule has 0 aliphatic rings. The molecule has 2 heterocycles. The molecule has 0 aliphatic heterocycles. The second-order valence-corrected chi connectivity index (χ2v) is 18.5. The van der Waals surface area contributed by atoms with E-state index in [9.17, 15) is 0 Å². The average Bonchev–Trinajstić information content (AvgIpc) is 3.87. The average molecular weight is 914 g/mol. The zero-order valence-corrected chi connectivity index (χ0v) is 40.1. The molecule has 12 aromatic rings. The number of nitrogens with zero attached hydrogens (tertiary/aromatic N) is 4. The van der Waals surface area contributed by atoms with Crippen molar-refractivity contribution in [3.8, 4) is 73.2 Å². The van der Waals surface area contributed by atoms with Gasteiger partial charge in [-0.25, -0.2) is 15.0 Å². The van der Waals surface area contributed by atoms with Crippen LogP contribution in [0.4, 0.5) is 0 Å². The van der Waals surface area contributed by atoms with E-state index in [0.29, 0.717) is 5.56 Å². The molecule has 4 nitrogen and oxygen atoms in total. The van der Waals surface area contributed by atoms with Crippen LogP contribution in [0.3, 0.4) is 0 Å². The minimum atomic E-state index is -0.0889. The van der Waals surface area contributed by atoms with Gasteiger partial charge in [0.1, 0.15) is 110 Å². The summed E-state index contributed by atoms with van der Waals surface area (Å²) in [4.78, 5) is 14.8. The number of fused-ring (bicyclic) bond motifs is 3. The third-order valence-electron chi connectivity index (χ3n) is 14.5. The summed E-state index contributed by atoms with van der Waals surface area (Å²) in [6.45, 7) is 0. The lowest BCUT2D eigenvalue weighted by Gasteiger charge is -2.28. The minimum absolute atomic E-state index is 0.000839. The molecule has 0 amide bonds. The SMILES string of the molecule is [B]c1c([B])c([B])c(-c2nc(-c3cccc(-c4ccccc4-c4ccc5c6c4c4ccccc4c4cccc(c46)n5-c4ccccc4)c3)nc(-c3c([B])c([B])c(-c4c([B])c([B])c([B])c([B])c4[B])c([B])c3[B])n2)c([B])c1[B]. The van der Waals surface area contributed by atoms with Crippen molar-refractivity contribution in [2.75, 3.05) is 0 Å². The fourth-order valence-corrected chi connectivity index (χ4v) is 10.7. The number of aromatic nitrogens is 4. The van der Waals surface area contributed by atoms with E-state index >= 15 is 0 Å². The lowest BCUT2D eigenvalue weighted by molar-refractivity contribution is 1.08. The van der Waals surface area contributed by atoms with Crippen molar-refractivity contribution >= 4 is 230 Å². The Morgan fingerprint density at radius 3 is 1.28 bits per heavy atom. The lowest BCUT2D eigenvalue weighted by Crippen LogP contribution is -2.57. The zero-order valence-electron chi connectivity index (χ0n) is 40.1. The van der Waals surface area contributed by atoms with E-state index < -0.39 is 0 Å². The predicted molar refractivity (Wildman–Crippen MR) is 328 cm³/mol. The molecule has 18 heteroatoms. The normalized spacial score (nSPS) is 11.7. The molecular weight excluding hydrogens is 892 g/mol. The Morgan fingerprint density at radius 2 is 0.680 bits per heavy atom. The molecule has 75 heavy (non-hydrogen) atoms. The van der Waals surface area contributed by atoms with E-state index in [2.05, 4.69) is 95.6 Å². The Hall–Kier alpha value is -7.30. The summed E-state index contributed by atoms with van der Waals surface area (Å²) in [6, 6.07) is 46.2. The van der Waals surface area contributed by atoms with Gasteiger partial charge < -0.3 is 4.57 Å². The number of benzene rings is 10. The molecule has 10 aromatic carbocycles. The minimum Gasteiger partial charge on any atom is -0.309 e. The summed E-state index contributed by atoms with van der Waals surface area (Å²) in [5.74, 6) is 0.0502. The van der Waals surface area contributed by atoms with Crippen molar-refractivity contribution in [1.29, 1.82) is 0 Å². The highest BCUT2D eigenvalue weighted by molar-refractivity contribution is 6.71. The summed E-state index contributed by atoms with van der Waals surface area (Å²) in [5, 5.41) is 7.01. The van der Waals surface area contributed by atoms with E-state index in [-0.39, 0.29) is 116 Å². The third kappa shape index (κ3) is 7.29. The van der Waals surface area contributed by atoms with Crippen molar-refractivity contribution < 1.29 is 0 Å². The van der Waals surface area contributed by atoms with Crippen LogP contribution in [0.2, 0.25) is 0 Å². The highest BCUT2D eigenvalue weighted by Crippen LogP contribution is 2.48. The molecule has 0 N–H and O–H groups in total. The fraction of sp³-hybridized carbons (Fsp3) is 0. The number of para-hydroxylation sites is 1. The summed E-state index contributed by atoms with van der Waals surface area (Å²) in [7, 11) is 91.5. The first kappa shape index (κ1) is 48.6. The largest absolute Gasteiger partial charge is 0.309 e. The van der Waals surface area contributed by atoms with Crippen LogP contribution in [0, 0.1) is 0 Å². The van der Waals surface area contributed by atoms with E-state index in [1.807, 2.05) is 42.5 Å². The van der Waals surface area contributed by atoms with Gasteiger partial charge in [0.2, 0.25) is 0 Å².